The largest absolute Gasteiger partial charge is 0.426 e. The van der Waals surface area contributed by atoms with Crippen LogP contribution in [0.15, 0.2) is 0 Å². The van der Waals surface area contributed by atoms with Crippen LogP contribution >= 0.6 is 0 Å². The zero-order chi connectivity index (χ0) is 13.7. The van der Waals surface area contributed by atoms with E-state index in [9.17, 15) is 35.1 Å². The van der Waals surface area contributed by atoms with E-state index >= 15 is 0 Å². The molecule has 1 fully saturated rings. The lowest BCUT2D eigenvalue weighted by atomic mass is 9.81. The van der Waals surface area contributed by atoms with E-state index in [-0.39, 0.29) is 0 Å². The number of rotatable bonds is 1. The van der Waals surface area contributed by atoms with Gasteiger partial charge in [-0.05, 0) is 19.3 Å². The number of hydrogen-bond acceptors (Lipinski definition) is 0. The van der Waals surface area contributed by atoms with Gasteiger partial charge in [0.05, 0.1) is 0 Å². The Hall–Kier alpha value is -0.560. The van der Waals surface area contributed by atoms with Crippen LogP contribution in [0.25, 0.3) is 0 Å². The van der Waals surface area contributed by atoms with Crippen LogP contribution in [-0.2, 0) is 0 Å². The van der Waals surface area contributed by atoms with Gasteiger partial charge in [-0.3, -0.25) is 0 Å². The van der Waals surface area contributed by atoms with Crippen LogP contribution in [0, 0.1) is 5.92 Å². The average molecular weight is 270 g/mol. The number of hydrogen-bond donors (Lipinski definition) is 0. The van der Waals surface area contributed by atoms with Gasteiger partial charge >= 0.3 is 12.4 Å². The zero-order valence-electron chi connectivity index (χ0n) is 8.72. The lowest BCUT2D eigenvalue weighted by Gasteiger charge is -2.39. The van der Waals surface area contributed by atoms with Crippen LogP contribution in [0.3, 0.4) is 0 Å². The van der Waals surface area contributed by atoms with E-state index in [2.05, 4.69) is 0 Å². The standard InChI is InChI=1S/C9H10F8/c1-2-5-3-4-6(10,8(12,13)14)7(5,11)9(15,16)17/h5H,2-4H2,1H3. The third-order valence-corrected chi connectivity index (χ3v) is 3.33. The third-order valence-electron chi connectivity index (χ3n) is 3.33. The van der Waals surface area contributed by atoms with Crippen molar-refractivity contribution in [1.82, 2.24) is 0 Å². The van der Waals surface area contributed by atoms with Crippen molar-refractivity contribution in [2.24, 2.45) is 5.92 Å². The molecule has 17 heavy (non-hydrogen) atoms. The minimum absolute atomic E-state index is 0.502. The molecule has 0 aliphatic heterocycles. The highest BCUT2D eigenvalue weighted by Gasteiger charge is 2.83. The van der Waals surface area contributed by atoms with Crippen molar-refractivity contribution in [1.29, 1.82) is 0 Å². The summed E-state index contributed by atoms with van der Waals surface area (Å²) in [5.74, 6) is -2.01. The molecule has 8 heteroatoms. The van der Waals surface area contributed by atoms with Gasteiger partial charge in [-0.25, -0.2) is 8.78 Å². The van der Waals surface area contributed by atoms with E-state index in [0.29, 0.717) is 0 Å². The highest BCUT2D eigenvalue weighted by molar-refractivity contribution is 5.17. The first-order chi connectivity index (χ1) is 7.42. The summed E-state index contributed by atoms with van der Waals surface area (Å²) < 4.78 is 102. The minimum atomic E-state index is -5.88. The van der Waals surface area contributed by atoms with Crippen LogP contribution in [0.2, 0.25) is 0 Å². The maximum Gasteiger partial charge on any atom is 0.426 e. The fourth-order valence-corrected chi connectivity index (χ4v) is 2.37. The Morgan fingerprint density at radius 3 is 1.76 bits per heavy atom. The molecule has 0 radical (unpaired) electrons. The van der Waals surface area contributed by atoms with Gasteiger partial charge in [0, 0.05) is 5.92 Å². The van der Waals surface area contributed by atoms with Crippen molar-refractivity contribution < 1.29 is 35.1 Å². The van der Waals surface area contributed by atoms with E-state index in [1.54, 1.807) is 0 Å². The van der Waals surface area contributed by atoms with Crippen LogP contribution in [0.4, 0.5) is 35.1 Å². The number of alkyl halides is 8. The highest BCUT2D eigenvalue weighted by Crippen LogP contribution is 2.63. The van der Waals surface area contributed by atoms with Gasteiger partial charge in [0.2, 0.25) is 5.67 Å². The monoisotopic (exact) mass is 270 g/mol. The van der Waals surface area contributed by atoms with E-state index in [0.717, 1.165) is 6.92 Å². The molecule has 0 aromatic carbocycles. The Balaban J connectivity index is 3.35. The van der Waals surface area contributed by atoms with Gasteiger partial charge in [-0.15, -0.1) is 0 Å². The quantitative estimate of drug-likeness (QED) is 0.621. The Bertz CT molecular complexity index is 292. The predicted molar refractivity (Wildman–Crippen MR) is 42.8 cm³/mol. The van der Waals surface area contributed by atoms with Crippen LogP contribution in [0.5, 0.6) is 0 Å². The summed E-state index contributed by atoms with van der Waals surface area (Å²) in [6.45, 7) is 1.10. The van der Waals surface area contributed by atoms with Crippen molar-refractivity contribution in [2.75, 3.05) is 0 Å². The Labute approximate surface area is 92.0 Å². The fourth-order valence-electron chi connectivity index (χ4n) is 2.37. The molecule has 0 amide bonds. The van der Waals surface area contributed by atoms with Crippen molar-refractivity contribution in [3.8, 4) is 0 Å². The fraction of sp³-hybridized carbons (Fsp3) is 1.00. The van der Waals surface area contributed by atoms with Crippen molar-refractivity contribution in [2.45, 2.75) is 49.9 Å². The van der Waals surface area contributed by atoms with E-state index < -0.39 is 48.9 Å². The molecular weight excluding hydrogens is 260 g/mol. The Morgan fingerprint density at radius 2 is 1.47 bits per heavy atom. The van der Waals surface area contributed by atoms with Crippen molar-refractivity contribution in [3.05, 3.63) is 0 Å². The van der Waals surface area contributed by atoms with Crippen molar-refractivity contribution in [3.63, 3.8) is 0 Å². The van der Waals surface area contributed by atoms with Crippen LogP contribution in [0.1, 0.15) is 26.2 Å². The molecule has 0 spiro atoms. The summed E-state index contributed by atoms with van der Waals surface area (Å²) >= 11 is 0. The van der Waals surface area contributed by atoms with E-state index in [1.165, 1.54) is 0 Å². The smallest absolute Gasteiger partial charge is 0.230 e. The second-order valence-corrected chi connectivity index (χ2v) is 4.15. The highest BCUT2D eigenvalue weighted by atomic mass is 19.4. The molecule has 0 aromatic heterocycles. The first-order valence-electron chi connectivity index (χ1n) is 4.93. The molecule has 0 N–H and O–H groups in total. The van der Waals surface area contributed by atoms with Crippen LogP contribution < -0.4 is 0 Å². The second-order valence-electron chi connectivity index (χ2n) is 4.15. The normalized spacial score (nSPS) is 39.7. The molecule has 1 rings (SSSR count). The van der Waals surface area contributed by atoms with Gasteiger partial charge in [0.25, 0.3) is 5.67 Å². The first kappa shape index (κ1) is 14.5. The molecule has 0 heterocycles. The predicted octanol–water partition coefficient (Wildman–Crippen LogP) is 4.35. The average Bonchev–Trinajstić information content (AvgIpc) is 2.40. The third kappa shape index (κ3) is 1.71. The summed E-state index contributed by atoms with van der Waals surface area (Å²) in [5.41, 5.74) is -9.70. The molecule has 0 saturated heterocycles. The maximum absolute atomic E-state index is 13.8. The Kier molecular flexibility index (Phi) is 3.17. The molecule has 3 unspecified atom stereocenters. The molecule has 1 aliphatic carbocycles. The molecule has 0 nitrogen and oxygen atoms in total. The molecule has 1 aliphatic rings. The summed E-state index contributed by atoms with van der Waals surface area (Å²) in [5, 5.41) is 0. The number of halogens is 8. The molecule has 102 valence electrons. The Morgan fingerprint density at radius 1 is 1.00 bits per heavy atom. The van der Waals surface area contributed by atoms with Gasteiger partial charge in [0.1, 0.15) is 0 Å². The lowest BCUT2D eigenvalue weighted by molar-refractivity contribution is -0.341. The lowest BCUT2D eigenvalue weighted by Crippen LogP contribution is -2.63. The summed E-state index contributed by atoms with van der Waals surface area (Å²) in [7, 11) is 0. The van der Waals surface area contributed by atoms with E-state index in [1.807, 2.05) is 0 Å². The topological polar surface area (TPSA) is 0 Å². The molecule has 1 saturated carbocycles. The van der Waals surface area contributed by atoms with Crippen LogP contribution in [-0.4, -0.2) is 23.7 Å². The molecule has 0 aromatic rings. The summed E-state index contributed by atoms with van der Waals surface area (Å²) in [6.07, 6.45) is -14.5. The molecule has 0 bridgehead atoms. The van der Waals surface area contributed by atoms with Gasteiger partial charge in [-0.2, -0.15) is 26.3 Å². The van der Waals surface area contributed by atoms with Gasteiger partial charge < -0.3 is 0 Å². The van der Waals surface area contributed by atoms with Gasteiger partial charge in [-0.1, -0.05) is 6.92 Å². The van der Waals surface area contributed by atoms with Crippen molar-refractivity contribution >= 4 is 0 Å². The first-order valence-corrected chi connectivity index (χ1v) is 4.93. The maximum atomic E-state index is 13.8. The SMILES string of the molecule is CCC1CCC(F)(C(F)(F)F)C1(F)C(F)(F)F. The van der Waals surface area contributed by atoms with E-state index in [4.69, 9.17) is 0 Å². The van der Waals surface area contributed by atoms with Gasteiger partial charge in [0.15, 0.2) is 0 Å². The second kappa shape index (κ2) is 3.71. The zero-order valence-corrected chi connectivity index (χ0v) is 8.72. The molecule has 3 atom stereocenters. The molecular formula is C9H10F8. The summed E-state index contributed by atoms with van der Waals surface area (Å²) in [4.78, 5) is 0. The summed E-state index contributed by atoms with van der Waals surface area (Å²) in [6, 6.07) is 0. The minimum Gasteiger partial charge on any atom is -0.230 e.